The highest BCUT2D eigenvalue weighted by atomic mass is 28.4. The monoisotopic (exact) mass is 314 g/mol. The fourth-order valence-electron chi connectivity index (χ4n) is 3.11. The Morgan fingerprint density at radius 1 is 1.10 bits per heavy atom. The minimum atomic E-state index is -1.57. The Labute approximate surface area is 128 Å². The molecule has 0 spiro atoms. The normalized spacial score (nSPS) is 32.2. The van der Waals surface area contributed by atoms with E-state index in [1.54, 1.807) is 0 Å². The summed E-state index contributed by atoms with van der Waals surface area (Å²) in [6.45, 7) is 22.2. The van der Waals surface area contributed by atoms with Crippen LogP contribution in [0.4, 0.5) is 0 Å². The van der Waals surface area contributed by atoms with Crippen LogP contribution in [0.2, 0.25) is 39.3 Å². The van der Waals surface area contributed by atoms with E-state index in [1.165, 1.54) is 12.0 Å². The van der Waals surface area contributed by atoms with Crippen LogP contribution in [0.1, 0.15) is 33.1 Å². The highest BCUT2D eigenvalue weighted by molar-refractivity contribution is 6.70. The molecule has 0 bridgehead atoms. The van der Waals surface area contributed by atoms with Crippen molar-refractivity contribution in [3.8, 4) is 0 Å². The third-order valence-electron chi connectivity index (χ3n) is 3.90. The highest BCUT2D eigenvalue weighted by Crippen LogP contribution is 2.41. The lowest BCUT2D eigenvalue weighted by atomic mass is 9.75. The van der Waals surface area contributed by atoms with Gasteiger partial charge in [-0.15, -0.1) is 0 Å². The van der Waals surface area contributed by atoms with Crippen LogP contribution >= 0.6 is 0 Å². The van der Waals surface area contributed by atoms with Crippen molar-refractivity contribution in [2.24, 2.45) is 5.92 Å². The van der Waals surface area contributed by atoms with Gasteiger partial charge in [0.05, 0.1) is 11.7 Å². The molecule has 118 valence electrons. The lowest BCUT2D eigenvalue weighted by Gasteiger charge is -2.49. The molecule has 1 aliphatic carbocycles. The summed E-state index contributed by atoms with van der Waals surface area (Å²) >= 11 is 0. The maximum atomic E-state index is 6.56. The summed E-state index contributed by atoms with van der Waals surface area (Å²) in [5.41, 5.74) is 1.18. The first kappa shape index (κ1) is 18.1. The van der Waals surface area contributed by atoms with Crippen molar-refractivity contribution in [2.75, 3.05) is 0 Å². The average Bonchev–Trinajstić information content (AvgIpc) is 2.16. The summed E-state index contributed by atoms with van der Waals surface area (Å²) in [5.74, 6) is 0.592. The van der Waals surface area contributed by atoms with Crippen LogP contribution < -0.4 is 0 Å². The van der Waals surface area contributed by atoms with E-state index in [0.29, 0.717) is 5.92 Å². The highest BCUT2D eigenvalue weighted by Gasteiger charge is 2.45. The van der Waals surface area contributed by atoms with Gasteiger partial charge in [0.25, 0.3) is 0 Å². The lowest BCUT2D eigenvalue weighted by molar-refractivity contribution is -0.0734. The van der Waals surface area contributed by atoms with E-state index < -0.39 is 16.6 Å². The van der Waals surface area contributed by atoms with Crippen LogP contribution in [0.15, 0.2) is 12.2 Å². The van der Waals surface area contributed by atoms with Crippen molar-refractivity contribution in [3.63, 3.8) is 0 Å². The molecule has 2 nitrogen and oxygen atoms in total. The van der Waals surface area contributed by atoms with E-state index >= 15 is 0 Å². The SMILES string of the molecule is C=C(C)C1CCC(C)(O[Si](C)(C)C)C(O[Si](C)(C)C)C1. The summed E-state index contributed by atoms with van der Waals surface area (Å²) in [6.07, 6.45) is 3.56. The number of hydrogen-bond donors (Lipinski definition) is 0. The Morgan fingerprint density at radius 3 is 2.05 bits per heavy atom. The second-order valence-electron chi connectivity index (χ2n) is 8.56. The first-order valence-electron chi connectivity index (χ1n) is 7.86. The predicted molar refractivity (Wildman–Crippen MR) is 93.2 cm³/mol. The molecule has 0 aromatic rings. The molecule has 0 saturated heterocycles. The molecule has 0 radical (unpaired) electrons. The molecule has 0 N–H and O–H groups in total. The molecule has 0 aliphatic heterocycles. The smallest absolute Gasteiger partial charge is 0.184 e. The maximum Gasteiger partial charge on any atom is 0.184 e. The molecule has 0 amide bonds. The maximum absolute atomic E-state index is 6.56. The molecule has 3 unspecified atom stereocenters. The van der Waals surface area contributed by atoms with Crippen LogP contribution in [0.5, 0.6) is 0 Å². The van der Waals surface area contributed by atoms with Crippen molar-refractivity contribution in [1.29, 1.82) is 0 Å². The molecule has 1 rings (SSSR count). The average molecular weight is 315 g/mol. The largest absolute Gasteiger partial charge is 0.412 e. The first-order chi connectivity index (χ1) is 8.82. The second kappa shape index (κ2) is 6.07. The molecular weight excluding hydrogens is 280 g/mol. The van der Waals surface area contributed by atoms with E-state index in [1.807, 2.05) is 0 Å². The minimum Gasteiger partial charge on any atom is -0.412 e. The van der Waals surface area contributed by atoms with Crippen molar-refractivity contribution >= 4 is 16.6 Å². The zero-order valence-electron chi connectivity index (χ0n) is 14.8. The summed E-state index contributed by atoms with van der Waals surface area (Å²) in [4.78, 5) is 0. The molecule has 4 heteroatoms. The fraction of sp³-hybridized carbons (Fsp3) is 0.875. The molecule has 0 aromatic carbocycles. The summed E-state index contributed by atoms with van der Waals surface area (Å²) in [7, 11) is -3.14. The molecule has 1 fully saturated rings. The third kappa shape index (κ3) is 5.47. The predicted octanol–water partition coefficient (Wildman–Crippen LogP) is 5.19. The van der Waals surface area contributed by atoms with Gasteiger partial charge in [0.2, 0.25) is 0 Å². The quantitative estimate of drug-likeness (QED) is 0.513. The van der Waals surface area contributed by atoms with Gasteiger partial charge in [0, 0.05) is 0 Å². The Morgan fingerprint density at radius 2 is 1.65 bits per heavy atom. The zero-order valence-corrected chi connectivity index (χ0v) is 16.8. The van der Waals surface area contributed by atoms with E-state index in [0.717, 1.165) is 12.8 Å². The van der Waals surface area contributed by atoms with E-state index in [4.69, 9.17) is 8.85 Å². The molecule has 0 heterocycles. The van der Waals surface area contributed by atoms with Gasteiger partial charge in [-0.05, 0) is 78.3 Å². The van der Waals surface area contributed by atoms with E-state index in [-0.39, 0.29) is 11.7 Å². The third-order valence-corrected chi connectivity index (χ3v) is 5.97. The Kier molecular flexibility index (Phi) is 5.51. The summed E-state index contributed by atoms with van der Waals surface area (Å²) < 4.78 is 13.1. The molecule has 0 aromatic heterocycles. The Bertz CT molecular complexity index is 354. The van der Waals surface area contributed by atoms with Crippen molar-refractivity contribution in [1.82, 2.24) is 0 Å². The fourth-order valence-corrected chi connectivity index (χ4v) is 5.94. The van der Waals surface area contributed by atoms with Crippen LogP contribution in [-0.4, -0.2) is 28.3 Å². The molecule has 1 aliphatic rings. The van der Waals surface area contributed by atoms with Gasteiger partial charge in [-0.25, -0.2) is 0 Å². The van der Waals surface area contributed by atoms with Gasteiger partial charge < -0.3 is 8.85 Å². The van der Waals surface area contributed by atoms with Gasteiger partial charge in [-0.1, -0.05) is 12.2 Å². The summed E-state index contributed by atoms with van der Waals surface area (Å²) in [5, 5.41) is 0. The van der Waals surface area contributed by atoms with Crippen LogP contribution in [0.25, 0.3) is 0 Å². The van der Waals surface area contributed by atoms with Gasteiger partial charge in [0.15, 0.2) is 16.6 Å². The first-order valence-corrected chi connectivity index (χ1v) is 14.7. The zero-order chi connectivity index (χ0) is 15.8. The van der Waals surface area contributed by atoms with Crippen molar-refractivity contribution in [3.05, 3.63) is 12.2 Å². The van der Waals surface area contributed by atoms with E-state index in [2.05, 4.69) is 59.7 Å². The van der Waals surface area contributed by atoms with Gasteiger partial charge >= 0.3 is 0 Å². The molecule has 1 saturated carbocycles. The topological polar surface area (TPSA) is 18.5 Å². The van der Waals surface area contributed by atoms with Gasteiger partial charge in [-0.2, -0.15) is 0 Å². The Hall–Kier alpha value is 0.0938. The summed E-state index contributed by atoms with van der Waals surface area (Å²) in [6, 6.07) is 0. The van der Waals surface area contributed by atoms with Crippen molar-refractivity contribution < 1.29 is 8.85 Å². The van der Waals surface area contributed by atoms with Crippen LogP contribution in [-0.2, 0) is 8.85 Å². The number of hydrogen-bond acceptors (Lipinski definition) is 2. The lowest BCUT2D eigenvalue weighted by Crippen LogP contribution is -2.55. The van der Waals surface area contributed by atoms with Crippen molar-refractivity contribution in [2.45, 2.75) is 84.1 Å². The molecule has 3 atom stereocenters. The molecule has 20 heavy (non-hydrogen) atoms. The van der Waals surface area contributed by atoms with Gasteiger partial charge in [0.1, 0.15) is 0 Å². The van der Waals surface area contributed by atoms with Crippen LogP contribution in [0.3, 0.4) is 0 Å². The minimum absolute atomic E-state index is 0.114. The Balaban J connectivity index is 2.94. The standard InChI is InChI=1S/C16H34O2Si2/c1-13(2)14-10-11-16(3,18-20(7,8)9)15(12-14)17-19(4,5)6/h14-15H,1,10-12H2,2-9H3. The van der Waals surface area contributed by atoms with Gasteiger partial charge in [-0.3, -0.25) is 0 Å². The van der Waals surface area contributed by atoms with E-state index in [9.17, 15) is 0 Å². The molecular formula is C16H34O2Si2. The second-order valence-corrected chi connectivity index (χ2v) is 17.5. The van der Waals surface area contributed by atoms with Crippen LogP contribution in [0, 0.1) is 5.92 Å². The number of allylic oxidation sites excluding steroid dienone is 1. The number of rotatable bonds is 5.